The lowest BCUT2D eigenvalue weighted by Crippen LogP contribution is -2.35. The summed E-state index contributed by atoms with van der Waals surface area (Å²) >= 11 is 1.81. The zero-order valence-electron chi connectivity index (χ0n) is 22.3. The SMILES string of the molecule is CCCCN(C)C(=O)C(CC)SCCCCCCn1c(-c2ccc(O)cc2)c(C)c2cc(O)ccc21. The van der Waals surface area contributed by atoms with Gasteiger partial charge in [0.2, 0.25) is 5.91 Å². The molecule has 3 aromatic rings. The molecule has 1 unspecified atom stereocenters. The molecule has 36 heavy (non-hydrogen) atoms. The quantitative estimate of drug-likeness (QED) is 0.222. The first-order valence-electron chi connectivity index (χ1n) is 13.3. The fourth-order valence-electron chi connectivity index (χ4n) is 4.80. The van der Waals surface area contributed by atoms with Crippen LogP contribution >= 0.6 is 11.8 Å². The molecule has 1 aromatic heterocycles. The van der Waals surface area contributed by atoms with Gasteiger partial charge in [0, 0.05) is 31.0 Å². The molecule has 0 fully saturated rings. The molecule has 0 radical (unpaired) electrons. The number of rotatable bonds is 14. The average molecular weight is 511 g/mol. The Balaban J connectivity index is 1.56. The molecule has 0 saturated heterocycles. The Hall–Kier alpha value is -2.60. The highest BCUT2D eigenvalue weighted by Gasteiger charge is 2.20. The first-order chi connectivity index (χ1) is 17.4. The molecule has 1 amide bonds. The van der Waals surface area contributed by atoms with E-state index in [0.29, 0.717) is 0 Å². The molecule has 196 valence electrons. The maximum atomic E-state index is 12.7. The highest BCUT2D eigenvalue weighted by atomic mass is 32.2. The molecule has 0 aliphatic heterocycles. The smallest absolute Gasteiger partial charge is 0.235 e. The Morgan fingerprint density at radius 1 is 0.972 bits per heavy atom. The highest BCUT2D eigenvalue weighted by Crippen LogP contribution is 2.36. The summed E-state index contributed by atoms with van der Waals surface area (Å²) in [4.78, 5) is 14.6. The number of hydrogen-bond acceptors (Lipinski definition) is 4. The Kier molecular flexibility index (Phi) is 10.6. The molecule has 0 aliphatic rings. The minimum Gasteiger partial charge on any atom is -0.508 e. The van der Waals surface area contributed by atoms with Crippen molar-refractivity contribution in [2.75, 3.05) is 19.3 Å². The van der Waals surface area contributed by atoms with Crippen molar-refractivity contribution in [3.05, 3.63) is 48.0 Å². The number of aryl methyl sites for hydroxylation is 2. The number of nitrogens with zero attached hydrogens (tertiary/aromatic N) is 2. The summed E-state index contributed by atoms with van der Waals surface area (Å²) in [7, 11) is 1.93. The van der Waals surface area contributed by atoms with E-state index in [-0.39, 0.29) is 22.7 Å². The normalized spacial score (nSPS) is 12.2. The first-order valence-corrected chi connectivity index (χ1v) is 14.4. The van der Waals surface area contributed by atoms with Gasteiger partial charge in [0.1, 0.15) is 11.5 Å². The second-order valence-corrected chi connectivity index (χ2v) is 11.0. The molecule has 0 spiro atoms. The fourth-order valence-corrected chi connectivity index (χ4v) is 6.01. The number of hydrogen-bond donors (Lipinski definition) is 2. The number of unbranched alkanes of at least 4 members (excludes halogenated alkanes) is 4. The second-order valence-electron chi connectivity index (χ2n) is 9.67. The number of phenolic OH excluding ortho intramolecular Hbond substituents is 2. The zero-order valence-corrected chi connectivity index (χ0v) is 23.1. The lowest BCUT2D eigenvalue weighted by Gasteiger charge is -2.22. The molecule has 0 bridgehead atoms. The summed E-state index contributed by atoms with van der Waals surface area (Å²) in [5, 5.41) is 20.9. The predicted molar refractivity (Wildman–Crippen MR) is 153 cm³/mol. The molecule has 1 heterocycles. The van der Waals surface area contributed by atoms with Crippen molar-refractivity contribution in [2.24, 2.45) is 0 Å². The second kappa shape index (κ2) is 13.6. The lowest BCUT2D eigenvalue weighted by atomic mass is 10.1. The summed E-state index contributed by atoms with van der Waals surface area (Å²) in [6.07, 6.45) is 7.53. The summed E-state index contributed by atoms with van der Waals surface area (Å²) in [6.45, 7) is 8.12. The Labute approximate surface area is 220 Å². The van der Waals surface area contributed by atoms with E-state index in [0.717, 1.165) is 91.5 Å². The summed E-state index contributed by atoms with van der Waals surface area (Å²) < 4.78 is 2.35. The number of aromatic nitrogens is 1. The van der Waals surface area contributed by atoms with E-state index in [1.165, 1.54) is 0 Å². The topological polar surface area (TPSA) is 65.7 Å². The van der Waals surface area contributed by atoms with Crippen LogP contribution in [0.2, 0.25) is 0 Å². The fraction of sp³-hybridized carbons (Fsp3) is 0.500. The molecule has 0 saturated carbocycles. The van der Waals surface area contributed by atoms with E-state index < -0.39 is 0 Å². The van der Waals surface area contributed by atoms with Crippen molar-refractivity contribution in [1.82, 2.24) is 9.47 Å². The molecule has 2 N–H and O–H groups in total. The van der Waals surface area contributed by atoms with Gasteiger partial charge in [-0.25, -0.2) is 0 Å². The number of thioether (sulfide) groups is 1. The third-order valence-electron chi connectivity index (χ3n) is 6.91. The van der Waals surface area contributed by atoms with Gasteiger partial charge in [0.25, 0.3) is 0 Å². The monoisotopic (exact) mass is 510 g/mol. The number of carbonyl (C=O) groups is 1. The van der Waals surface area contributed by atoms with Crippen LogP contribution in [0.4, 0.5) is 0 Å². The van der Waals surface area contributed by atoms with Gasteiger partial charge in [-0.15, -0.1) is 11.8 Å². The molecule has 5 nitrogen and oxygen atoms in total. The maximum Gasteiger partial charge on any atom is 0.235 e. The van der Waals surface area contributed by atoms with E-state index in [2.05, 4.69) is 25.3 Å². The van der Waals surface area contributed by atoms with Crippen molar-refractivity contribution < 1.29 is 15.0 Å². The van der Waals surface area contributed by atoms with Crippen molar-refractivity contribution in [1.29, 1.82) is 0 Å². The molecule has 0 aliphatic carbocycles. The van der Waals surface area contributed by atoms with E-state index >= 15 is 0 Å². The molecule has 6 heteroatoms. The van der Waals surface area contributed by atoms with E-state index in [9.17, 15) is 15.0 Å². The third-order valence-corrected chi connectivity index (χ3v) is 8.37. The minimum atomic E-state index is 0.0744. The van der Waals surface area contributed by atoms with Crippen LogP contribution in [0.3, 0.4) is 0 Å². The van der Waals surface area contributed by atoms with Gasteiger partial charge >= 0.3 is 0 Å². The standard InChI is InChI=1S/C30H42N2O3S/c1-5-7-18-31(4)30(35)28(6-2)36-20-11-9-8-10-19-32-27-17-16-25(34)21-26(27)22(3)29(32)23-12-14-24(33)15-13-23/h12-17,21,28,33-34H,5-11,18-20H2,1-4H3. The molecule has 2 aromatic carbocycles. The number of benzene rings is 2. The van der Waals surface area contributed by atoms with Crippen LogP contribution in [0.5, 0.6) is 11.5 Å². The largest absolute Gasteiger partial charge is 0.508 e. The van der Waals surface area contributed by atoms with Crippen LogP contribution in [0.1, 0.15) is 64.4 Å². The molecular weight excluding hydrogens is 468 g/mol. The van der Waals surface area contributed by atoms with Crippen LogP contribution < -0.4 is 0 Å². The molecule has 1 atom stereocenters. The molecular formula is C30H42N2O3S. The average Bonchev–Trinajstić information content (AvgIpc) is 3.15. The summed E-state index contributed by atoms with van der Waals surface area (Å²) in [5.74, 6) is 1.83. The number of aromatic hydroxyl groups is 2. The van der Waals surface area contributed by atoms with Gasteiger partial charge in [-0.2, -0.15) is 0 Å². The van der Waals surface area contributed by atoms with Gasteiger partial charge in [0.05, 0.1) is 10.9 Å². The van der Waals surface area contributed by atoms with Crippen molar-refractivity contribution in [3.63, 3.8) is 0 Å². The Morgan fingerprint density at radius 2 is 1.67 bits per heavy atom. The number of phenols is 2. The van der Waals surface area contributed by atoms with Gasteiger partial charge < -0.3 is 19.7 Å². The van der Waals surface area contributed by atoms with E-state index in [4.69, 9.17) is 0 Å². The van der Waals surface area contributed by atoms with Crippen molar-refractivity contribution in [3.8, 4) is 22.8 Å². The van der Waals surface area contributed by atoms with Gasteiger partial charge in [-0.1, -0.05) is 33.1 Å². The Bertz CT molecular complexity index is 1120. The summed E-state index contributed by atoms with van der Waals surface area (Å²) in [6, 6.07) is 12.9. The first kappa shape index (κ1) is 28.0. The maximum absolute atomic E-state index is 12.7. The number of amides is 1. The van der Waals surface area contributed by atoms with Crippen LogP contribution in [-0.4, -0.2) is 50.2 Å². The lowest BCUT2D eigenvalue weighted by molar-refractivity contribution is -0.129. The van der Waals surface area contributed by atoms with Crippen molar-refractivity contribution in [2.45, 2.75) is 77.5 Å². The Morgan fingerprint density at radius 3 is 2.36 bits per heavy atom. The van der Waals surface area contributed by atoms with E-state index in [1.54, 1.807) is 18.2 Å². The van der Waals surface area contributed by atoms with Crippen LogP contribution in [0.15, 0.2) is 42.5 Å². The highest BCUT2D eigenvalue weighted by molar-refractivity contribution is 8.00. The third kappa shape index (κ3) is 7.00. The van der Waals surface area contributed by atoms with Gasteiger partial charge in [-0.3, -0.25) is 4.79 Å². The number of fused-ring (bicyclic) bond motifs is 1. The number of carbonyl (C=O) groups excluding carboxylic acids is 1. The van der Waals surface area contributed by atoms with Crippen molar-refractivity contribution >= 4 is 28.6 Å². The van der Waals surface area contributed by atoms with Crippen LogP contribution in [-0.2, 0) is 11.3 Å². The van der Waals surface area contributed by atoms with Gasteiger partial charge in [-0.05, 0) is 92.0 Å². The summed E-state index contributed by atoms with van der Waals surface area (Å²) in [5.41, 5.74) is 4.47. The van der Waals surface area contributed by atoms with E-state index in [1.807, 2.05) is 48.0 Å². The predicted octanol–water partition coefficient (Wildman–Crippen LogP) is 7.36. The van der Waals surface area contributed by atoms with Crippen LogP contribution in [0, 0.1) is 6.92 Å². The van der Waals surface area contributed by atoms with Gasteiger partial charge in [0.15, 0.2) is 0 Å². The molecule has 3 rings (SSSR count). The van der Waals surface area contributed by atoms with Crippen LogP contribution in [0.25, 0.3) is 22.2 Å². The zero-order chi connectivity index (χ0) is 26.1. The minimum absolute atomic E-state index is 0.0744.